The molecule has 2 rings (SSSR count). The van der Waals surface area contributed by atoms with Crippen molar-refractivity contribution in [2.24, 2.45) is 5.92 Å². The summed E-state index contributed by atoms with van der Waals surface area (Å²) in [5, 5.41) is 21.0. The quantitative estimate of drug-likeness (QED) is 0.645. The van der Waals surface area contributed by atoms with Crippen LogP contribution in [0.2, 0.25) is 0 Å². The zero-order valence-electron chi connectivity index (χ0n) is 13.1. The predicted octanol–water partition coefficient (Wildman–Crippen LogP) is 1.18. The van der Waals surface area contributed by atoms with Gasteiger partial charge in [-0.25, -0.2) is 8.42 Å². The van der Waals surface area contributed by atoms with Gasteiger partial charge in [0, 0.05) is 25.2 Å². The van der Waals surface area contributed by atoms with Crippen LogP contribution in [0.1, 0.15) is 12.5 Å². The Morgan fingerprint density at radius 1 is 1.48 bits per heavy atom. The Bertz CT molecular complexity index is 703. The maximum atomic E-state index is 11.8. The van der Waals surface area contributed by atoms with Gasteiger partial charge in [0.25, 0.3) is 0 Å². The fourth-order valence-corrected chi connectivity index (χ4v) is 4.56. The van der Waals surface area contributed by atoms with Crippen molar-refractivity contribution in [3.63, 3.8) is 0 Å². The van der Waals surface area contributed by atoms with Gasteiger partial charge in [-0.05, 0) is 18.1 Å². The Kier molecular flexibility index (Phi) is 5.10. The molecule has 1 N–H and O–H groups in total. The van der Waals surface area contributed by atoms with E-state index in [4.69, 9.17) is 4.74 Å². The number of benzene rings is 1. The van der Waals surface area contributed by atoms with Gasteiger partial charge >= 0.3 is 5.69 Å². The molecule has 1 aliphatic heterocycles. The zero-order chi connectivity index (χ0) is 17.2. The molecule has 0 aliphatic carbocycles. The van der Waals surface area contributed by atoms with Crippen LogP contribution in [0.25, 0.3) is 0 Å². The molecule has 0 bridgehead atoms. The third-order valence-corrected chi connectivity index (χ3v) is 5.68. The minimum atomic E-state index is -3.08. The lowest BCUT2D eigenvalue weighted by Gasteiger charge is -2.22. The molecule has 1 saturated heterocycles. The number of nitro benzene ring substituents is 1. The molecule has 1 heterocycles. The summed E-state index contributed by atoms with van der Waals surface area (Å²) in [6, 6.07) is 2.82. The first kappa shape index (κ1) is 17.5. The van der Waals surface area contributed by atoms with Gasteiger partial charge in [0.15, 0.2) is 15.6 Å². The number of nitrogens with zero attached hydrogens (tertiary/aromatic N) is 2. The van der Waals surface area contributed by atoms with Gasteiger partial charge < -0.3 is 9.84 Å². The van der Waals surface area contributed by atoms with Crippen molar-refractivity contribution in [1.29, 1.82) is 0 Å². The highest BCUT2D eigenvalue weighted by atomic mass is 32.2. The van der Waals surface area contributed by atoms with Gasteiger partial charge in [0.05, 0.1) is 23.5 Å². The Morgan fingerprint density at radius 3 is 2.78 bits per heavy atom. The first-order valence-electron chi connectivity index (χ1n) is 7.19. The topological polar surface area (TPSA) is 110 Å². The van der Waals surface area contributed by atoms with E-state index in [1.165, 1.54) is 19.2 Å². The molecule has 0 amide bonds. The summed E-state index contributed by atoms with van der Waals surface area (Å²) in [4.78, 5) is 12.6. The van der Waals surface area contributed by atoms with E-state index in [9.17, 15) is 23.6 Å². The highest BCUT2D eigenvalue weighted by Crippen LogP contribution is 2.39. The molecule has 1 atom stereocenters. The van der Waals surface area contributed by atoms with Gasteiger partial charge in [-0.3, -0.25) is 15.0 Å². The van der Waals surface area contributed by atoms with E-state index >= 15 is 0 Å². The lowest BCUT2D eigenvalue weighted by molar-refractivity contribution is -0.386. The molecule has 128 valence electrons. The standard InChI is InChI=1S/C14H20N2O6S/c1-10-7-15(5-6-23(20,21)9-10)8-11-3-4-12(17)14(22-2)13(11)16(18)19/h3-4,10,17H,5-9H2,1-2H3. The summed E-state index contributed by atoms with van der Waals surface area (Å²) in [6.07, 6.45) is 0. The average molecular weight is 344 g/mol. The van der Waals surface area contributed by atoms with E-state index in [0.717, 1.165) is 0 Å². The number of hydrogen-bond donors (Lipinski definition) is 1. The van der Waals surface area contributed by atoms with Crippen molar-refractivity contribution in [3.05, 3.63) is 27.8 Å². The first-order valence-corrected chi connectivity index (χ1v) is 9.01. The van der Waals surface area contributed by atoms with Gasteiger partial charge in [0.2, 0.25) is 5.75 Å². The van der Waals surface area contributed by atoms with Crippen LogP contribution in [-0.2, 0) is 16.4 Å². The lowest BCUT2D eigenvalue weighted by Crippen LogP contribution is -2.29. The molecule has 0 radical (unpaired) electrons. The molecule has 8 nitrogen and oxygen atoms in total. The smallest absolute Gasteiger partial charge is 0.319 e. The minimum absolute atomic E-state index is 0.0411. The third-order valence-electron chi connectivity index (χ3n) is 3.80. The fraction of sp³-hybridized carbons (Fsp3) is 0.571. The van der Waals surface area contributed by atoms with Crippen LogP contribution in [0.3, 0.4) is 0 Å². The van der Waals surface area contributed by atoms with Crippen LogP contribution in [-0.4, -0.2) is 55.1 Å². The molecule has 0 spiro atoms. The Balaban J connectivity index is 2.31. The first-order chi connectivity index (χ1) is 10.7. The summed E-state index contributed by atoms with van der Waals surface area (Å²) in [5.74, 6) is -0.344. The van der Waals surface area contributed by atoms with E-state index in [1.54, 1.807) is 0 Å². The van der Waals surface area contributed by atoms with Crippen LogP contribution >= 0.6 is 0 Å². The molecule has 23 heavy (non-hydrogen) atoms. The van der Waals surface area contributed by atoms with E-state index in [2.05, 4.69) is 0 Å². The third kappa shape index (κ3) is 4.11. The molecule has 9 heteroatoms. The van der Waals surface area contributed by atoms with E-state index < -0.39 is 14.8 Å². The highest BCUT2D eigenvalue weighted by molar-refractivity contribution is 7.91. The van der Waals surface area contributed by atoms with Crippen molar-refractivity contribution in [1.82, 2.24) is 4.90 Å². The number of ether oxygens (including phenoxy) is 1. The van der Waals surface area contributed by atoms with Crippen LogP contribution in [0.5, 0.6) is 11.5 Å². The average Bonchev–Trinajstić information content (AvgIpc) is 2.57. The summed E-state index contributed by atoms with van der Waals surface area (Å²) in [6.45, 7) is 2.95. The largest absolute Gasteiger partial charge is 0.504 e. The maximum Gasteiger partial charge on any atom is 0.319 e. The van der Waals surface area contributed by atoms with Crippen molar-refractivity contribution >= 4 is 15.5 Å². The number of aromatic hydroxyl groups is 1. The number of methoxy groups -OCH3 is 1. The van der Waals surface area contributed by atoms with Crippen LogP contribution in [0, 0.1) is 16.0 Å². The van der Waals surface area contributed by atoms with Crippen molar-refractivity contribution in [2.45, 2.75) is 13.5 Å². The Labute approximate surface area is 134 Å². The minimum Gasteiger partial charge on any atom is -0.504 e. The van der Waals surface area contributed by atoms with Gasteiger partial charge in [-0.15, -0.1) is 0 Å². The summed E-state index contributed by atoms with van der Waals surface area (Å²) < 4.78 is 28.6. The van der Waals surface area contributed by atoms with Crippen LogP contribution in [0.15, 0.2) is 12.1 Å². The Morgan fingerprint density at radius 2 is 2.17 bits per heavy atom. The van der Waals surface area contributed by atoms with Crippen molar-refractivity contribution in [2.75, 3.05) is 31.7 Å². The molecule has 1 aromatic carbocycles. The molecular weight excluding hydrogens is 324 g/mol. The van der Waals surface area contributed by atoms with E-state index in [0.29, 0.717) is 18.7 Å². The molecule has 0 saturated carbocycles. The molecule has 0 aromatic heterocycles. The van der Waals surface area contributed by atoms with Crippen LogP contribution < -0.4 is 4.74 Å². The number of hydrogen-bond acceptors (Lipinski definition) is 7. The number of rotatable bonds is 4. The zero-order valence-corrected chi connectivity index (χ0v) is 13.9. The van der Waals surface area contributed by atoms with Crippen LogP contribution in [0.4, 0.5) is 5.69 Å². The van der Waals surface area contributed by atoms with Crippen molar-refractivity contribution < 1.29 is 23.2 Å². The van der Waals surface area contributed by atoms with Gasteiger partial charge in [-0.1, -0.05) is 6.92 Å². The highest BCUT2D eigenvalue weighted by Gasteiger charge is 2.28. The Hall–Kier alpha value is -1.87. The number of nitro groups is 1. The van der Waals surface area contributed by atoms with E-state index in [-0.39, 0.29) is 41.2 Å². The second kappa shape index (κ2) is 6.71. The summed E-state index contributed by atoms with van der Waals surface area (Å²) in [7, 11) is -1.82. The molecule has 1 fully saturated rings. The predicted molar refractivity (Wildman–Crippen MR) is 84.4 cm³/mol. The second-order valence-electron chi connectivity index (χ2n) is 5.84. The SMILES string of the molecule is COc1c(O)ccc(CN2CCS(=O)(=O)CC(C)C2)c1[N+](=O)[O-]. The second-order valence-corrected chi connectivity index (χ2v) is 8.07. The molecule has 1 unspecified atom stereocenters. The normalized spacial score (nSPS) is 21.6. The molecular formula is C14H20N2O6S. The van der Waals surface area contributed by atoms with Gasteiger partial charge in [0.1, 0.15) is 0 Å². The fourth-order valence-electron chi connectivity index (χ4n) is 2.88. The van der Waals surface area contributed by atoms with Gasteiger partial charge in [-0.2, -0.15) is 0 Å². The maximum absolute atomic E-state index is 11.8. The summed E-state index contributed by atoms with van der Waals surface area (Å²) >= 11 is 0. The monoisotopic (exact) mass is 344 g/mol. The molecule has 1 aromatic rings. The molecule has 1 aliphatic rings. The number of sulfone groups is 1. The van der Waals surface area contributed by atoms with Crippen molar-refractivity contribution in [3.8, 4) is 11.5 Å². The number of phenolic OH excluding ortho intramolecular Hbond substituents is 1. The summed E-state index contributed by atoms with van der Waals surface area (Å²) in [5.41, 5.74) is 0.100. The number of phenols is 1. The lowest BCUT2D eigenvalue weighted by atomic mass is 10.1. The van der Waals surface area contributed by atoms with E-state index in [1.807, 2.05) is 11.8 Å².